The minimum absolute atomic E-state index is 0.154. The molecule has 0 aliphatic carbocycles. The Bertz CT molecular complexity index is 652. The van der Waals surface area contributed by atoms with E-state index in [4.69, 9.17) is 11.6 Å². The summed E-state index contributed by atoms with van der Waals surface area (Å²) >= 11 is 5.93. The van der Waals surface area contributed by atoms with Gasteiger partial charge in [0.1, 0.15) is 0 Å². The number of guanidine groups is 1. The molecule has 0 saturated carbocycles. The summed E-state index contributed by atoms with van der Waals surface area (Å²) in [6, 6.07) is 10.1. The second-order valence-electron chi connectivity index (χ2n) is 5.47. The Morgan fingerprint density at radius 1 is 1.26 bits per heavy atom. The number of pyridine rings is 1. The standard InChI is InChI=1S/C18H23ClN4/c1-13-12-21-10-8-15(13)9-11-22-18(20-3)23-14(2)16-4-6-17(19)7-5-16/h4-8,10,12,14H,9,11H2,1-3H3,(H2,20,22,23). The monoisotopic (exact) mass is 330 g/mol. The molecule has 1 unspecified atom stereocenters. The van der Waals surface area contributed by atoms with Crippen LogP contribution in [0.15, 0.2) is 47.7 Å². The van der Waals surface area contributed by atoms with Gasteiger partial charge >= 0.3 is 0 Å². The van der Waals surface area contributed by atoms with Crippen molar-refractivity contribution in [3.63, 3.8) is 0 Å². The molecule has 1 atom stereocenters. The molecule has 122 valence electrons. The fraction of sp³-hybridized carbons (Fsp3) is 0.333. The Morgan fingerprint density at radius 3 is 2.65 bits per heavy atom. The summed E-state index contributed by atoms with van der Waals surface area (Å²) in [6.07, 6.45) is 4.66. The number of aliphatic imine (C=N–C) groups is 1. The highest BCUT2D eigenvalue weighted by atomic mass is 35.5. The topological polar surface area (TPSA) is 49.3 Å². The van der Waals surface area contributed by atoms with Gasteiger partial charge in [0.2, 0.25) is 0 Å². The first-order chi connectivity index (χ1) is 11.1. The van der Waals surface area contributed by atoms with Crippen LogP contribution in [0.1, 0.15) is 29.7 Å². The van der Waals surface area contributed by atoms with E-state index in [-0.39, 0.29) is 6.04 Å². The van der Waals surface area contributed by atoms with E-state index >= 15 is 0 Å². The van der Waals surface area contributed by atoms with Gasteiger partial charge in [0.05, 0.1) is 6.04 Å². The number of hydrogen-bond acceptors (Lipinski definition) is 2. The normalized spacial score (nSPS) is 12.8. The fourth-order valence-electron chi connectivity index (χ4n) is 2.33. The molecule has 1 aromatic carbocycles. The molecule has 2 rings (SSSR count). The summed E-state index contributed by atoms with van der Waals surface area (Å²) in [5.74, 6) is 0.791. The number of nitrogens with one attached hydrogen (secondary N) is 2. The number of aromatic nitrogens is 1. The zero-order valence-corrected chi connectivity index (χ0v) is 14.6. The van der Waals surface area contributed by atoms with Crippen molar-refractivity contribution in [2.45, 2.75) is 26.3 Å². The number of benzene rings is 1. The summed E-state index contributed by atoms with van der Waals surface area (Å²) < 4.78 is 0. The van der Waals surface area contributed by atoms with Crippen molar-refractivity contribution in [3.8, 4) is 0 Å². The molecule has 1 aromatic heterocycles. The van der Waals surface area contributed by atoms with Crippen LogP contribution in [0.5, 0.6) is 0 Å². The van der Waals surface area contributed by atoms with E-state index in [0.717, 1.165) is 23.9 Å². The van der Waals surface area contributed by atoms with Crippen molar-refractivity contribution in [2.75, 3.05) is 13.6 Å². The molecular weight excluding hydrogens is 308 g/mol. The summed E-state index contributed by atoms with van der Waals surface area (Å²) in [7, 11) is 1.78. The Morgan fingerprint density at radius 2 is 2.00 bits per heavy atom. The summed E-state index contributed by atoms with van der Waals surface area (Å²) in [5.41, 5.74) is 3.68. The Hall–Kier alpha value is -2.07. The summed E-state index contributed by atoms with van der Waals surface area (Å²) in [6.45, 7) is 5.00. The minimum atomic E-state index is 0.154. The second-order valence-corrected chi connectivity index (χ2v) is 5.91. The number of hydrogen-bond donors (Lipinski definition) is 2. The van der Waals surface area contributed by atoms with Gasteiger partial charge in [-0.2, -0.15) is 0 Å². The number of halogens is 1. The molecule has 1 heterocycles. The molecule has 0 aliphatic rings. The molecule has 0 bridgehead atoms. The largest absolute Gasteiger partial charge is 0.356 e. The highest BCUT2D eigenvalue weighted by Gasteiger charge is 2.07. The molecule has 0 amide bonds. The van der Waals surface area contributed by atoms with Crippen LogP contribution in [0.2, 0.25) is 5.02 Å². The first-order valence-electron chi connectivity index (χ1n) is 7.72. The Kier molecular flexibility index (Phi) is 6.41. The van der Waals surface area contributed by atoms with Gasteiger partial charge in [0.15, 0.2) is 5.96 Å². The Balaban J connectivity index is 1.86. The second kappa shape index (κ2) is 8.53. The molecule has 2 aromatic rings. The lowest BCUT2D eigenvalue weighted by Crippen LogP contribution is -2.39. The van der Waals surface area contributed by atoms with Gasteiger partial charge in [-0.3, -0.25) is 9.98 Å². The summed E-state index contributed by atoms with van der Waals surface area (Å²) in [5, 5.41) is 7.48. The first-order valence-corrected chi connectivity index (χ1v) is 8.10. The smallest absolute Gasteiger partial charge is 0.191 e. The quantitative estimate of drug-likeness (QED) is 0.651. The molecule has 0 radical (unpaired) electrons. The number of nitrogens with zero attached hydrogens (tertiary/aromatic N) is 2. The lowest BCUT2D eigenvalue weighted by Gasteiger charge is -2.18. The third-order valence-corrected chi connectivity index (χ3v) is 4.02. The lowest BCUT2D eigenvalue weighted by molar-refractivity contribution is 0.684. The zero-order chi connectivity index (χ0) is 16.7. The zero-order valence-electron chi connectivity index (χ0n) is 13.8. The van der Waals surface area contributed by atoms with Crippen LogP contribution in [0.25, 0.3) is 0 Å². The van der Waals surface area contributed by atoms with Gasteiger partial charge in [0, 0.05) is 31.0 Å². The van der Waals surface area contributed by atoms with Crippen molar-refractivity contribution < 1.29 is 0 Å². The molecule has 0 fully saturated rings. The third kappa shape index (κ3) is 5.25. The van der Waals surface area contributed by atoms with Crippen molar-refractivity contribution in [1.82, 2.24) is 15.6 Å². The Labute approximate surface area is 143 Å². The van der Waals surface area contributed by atoms with Gasteiger partial charge in [-0.15, -0.1) is 0 Å². The molecule has 0 aliphatic heterocycles. The van der Waals surface area contributed by atoms with Gasteiger partial charge in [0.25, 0.3) is 0 Å². The van der Waals surface area contributed by atoms with Crippen LogP contribution in [0.3, 0.4) is 0 Å². The van der Waals surface area contributed by atoms with E-state index in [2.05, 4.69) is 40.5 Å². The third-order valence-electron chi connectivity index (χ3n) is 3.77. The molecule has 23 heavy (non-hydrogen) atoms. The fourth-order valence-corrected chi connectivity index (χ4v) is 2.46. The maximum atomic E-state index is 5.93. The van der Waals surface area contributed by atoms with E-state index in [9.17, 15) is 0 Å². The van der Waals surface area contributed by atoms with Crippen LogP contribution in [-0.4, -0.2) is 24.5 Å². The maximum absolute atomic E-state index is 5.93. The van der Waals surface area contributed by atoms with Gasteiger partial charge in [-0.05, 0) is 55.2 Å². The number of rotatable bonds is 5. The summed E-state index contributed by atoms with van der Waals surface area (Å²) in [4.78, 5) is 8.40. The van der Waals surface area contributed by atoms with E-state index < -0.39 is 0 Å². The average Bonchev–Trinajstić information content (AvgIpc) is 2.56. The van der Waals surface area contributed by atoms with E-state index in [1.807, 2.05) is 36.7 Å². The highest BCUT2D eigenvalue weighted by Crippen LogP contribution is 2.15. The highest BCUT2D eigenvalue weighted by molar-refractivity contribution is 6.30. The molecule has 4 nitrogen and oxygen atoms in total. The van der Waals surface area contributed by atoms with Crippen molar-refractivity contribution in [2.24, 2.45) is 4.99 Å². The van der Waals surface area contributed by atoms with Crippen LogP contribution in [-0.2, 0) is 6.42 Å². The predicted molar refractivity (Wildman–Crippen MR) is 97.0 cm³/mol. The molecule has 5 heteroatoms. The van der Waals surface area contributed by atoms with Crippen molar-refractivity contribution in [1.29, 1.82) is 0 Å². The van der Waals surface area contributed by atoms with Gasteiger partial charge in [-0.1, -0.05) is 23.7 Å². The first kappa shape index (κ1) is 17.3. The van der Waals surface area contributed by atoms with Crippen molar-refractivity contribution in [3.05, 3.63) is 64.4 Å². The van der Waals surface area contributed by atoms with Crippen LogP contribution >= 0.6 is 11.6 Å². The predicted octanol–water partition coefficient (Wildman–Crippen LogP) is 3.51. The lowest BCUT2D eigenvalue weighted by atomic mass is 10.1. The van der Waals surface area contributed by atoms with E-state index in [1.165, 1.54) is 16.7 Å². The minimum Gasteiger partial charge on any atom is -0.356 e. The molecule has 2 N–H and O–H groups in total. The van der Waals surface area contributed by atoms with E-state index in [0.29, 0.717) is 0 Å². The van der Waals surface area contributed by atoms with Crippen LogP contribution in [0.4, 0.5) is 0 Å². The van der Waals surface area contributed by atoms with Gasteiger partial charge < -0.3 is 10.6 Å². The average molecular weight is 331 g/mol. The SMILES string of the molecule is CN=C(NCCc1ccncc1C)NC(C)c1ccc(Cl)cc1. The molecular formula is C18H23ClN4. The molecule has 0 spiro atoms. The number of aryl methyl sites for hydroxylation is 1. The van der Waals surface area contributed by atoms with Crippen molar-refractivity contribution >= 4 is 17.6 Å². The molecule has 0 saturated heterocycles. The maximum Gasteiger partial charge on any atom is 0.191 e. The van der Waals surface area contributed by atoms with Crippen LogP contribution in [0, 0.1) is 6.92 Å². The van der Waals surface area contributed by atoms with Crippen LogP contribution < -0.4 is 10.6 Å². The van der Waals surface area contributed by atoms with Gasteiger partial charge in [-0.25, -0.2) is 0 Å². The van der Waals surface area contributed by atoms with E-state index in [1.54, 1.807) is 7.05 Å².